The first-order valence-electron chi connectivity index (χ1n) is 10.3. The van der Waals surface area contributed by atoms with Gasteiger partial charge >= 0.3 is 0 Å². The molecule has 0 saturated heterocycles. The Morgan fingerprint density at radius 1 is 1.24 bits per heavy atom. The summed E-state index contributed by atoms with van der Waals surface area (Å²) >= 11 is 0. The summed E-state index contributed by atoms with van der Waals surface area (Å²) in [4.78, 5) is 35.4. The zero-order valence-electron chi connectivity index (χ0n) is 18.2. The van der Waals surface area contributed by atoms with Crippen LogP contribution in [-0.2, 0) is 0 Å². The van der Waals surface area contributed by atoms with Crippen molar-refractivity contribution in [1.82, 2.24) is 34.6 Å². The molecule has 5 aromatic rings. The molecule has 0 radical (unpaired) electrons. The quantitative estimate of drug-likeness (QED) is 0.391. The maximum atomic E-state index is 13.6. The summed E-state index contributed by atoms with van der Waals surface area (Å²) in [5.74, 6) is 5.25. The number of carbonyl (C=O) groups is 1. The average molecular weight is 454 g/mol. The van der Waals surface area contributed by atoms with E-state index in [-0.39, 0.29) is 34.0 Å². The minimum absolute atomic E-state index is 0.0307. The lowest BCUT2D eigenvalue weighted by atomic mass is 10.2. The summed E-state index contributed by atoms with van der Waals surface area (Å²) in [6, 6.07) is 9.90. The second-order valence-corrected chi connectivity index (χ2v) is 7.38. The van der Waals surface area contributed by atoms with Crippen LogP contribution in [0, 0.1) is 11.8 Å². The van der Waals surface area contributed by atoms with Crippen LogP contribution in [0.3, 0.4) is 0 Å². The maximum Gasteiger partial charge on any atom is 0.272 e. The molecule has 1 aromatic carbocycles. The van der Waals surface area contributed by atoms with Crippen LogP contribution in [0.5, 0.6) is 0 Å². The number of nitrogens with two attached hydrogens (primary N) is 1. The van der Waals surface area contributed by atoms with Crippen LogP contribution in [0.25, 0.3) is 22.4 Å². The highest BCUT2D eigenvalue weighted by Crippen LogP contribution is 2.21. The van der Waals surface area contributed by atoms with Crippen molar-refractivity contribution in [2.24, 2.45) is 0 Å². The number of nitrogen functional groups attached to an aromatic ring is 1. The van der Waals surface area contributed by atoms with Gasteiger partial charge < -0.3 is 15.6 Å². The van der Waals surface area contributed by atoms with Gasteiger partial charge in [0.1, 0.15) is 16.8 Å². The van der Waals surface area contributed by atoms with E-state index in [2.05, 4.69) is 37.4 Å². The number of aromatic nitrogens is 6. The minimum atomic E-state index is -0.728. The minimum Gasteiger partial charge on any atom is -0.381 e. The molecule has 1 amide bonds. The second-order valence-electron chi connectivity index (χ2n) is 7.38. The van der Waals surface area contributed by atoms with E-state index in [1.54, 1.807) is 56.6 Å². The molecule has 168 valence electrons. The number of carbonyl (C=O) groups excluding carboxylic acids is 1. The summed E-state index contributed by atoms with van der Waals surface area (Å²) in [6.07, 6.45) is 3.18. The highest BCUT2D eigenvalue weighted by molar-refractivity contribution is 6.04. The Morgan fingerprint density at radius 2 is 2.03 bits per heavy atom. The van der Waals surface area contributed by atoms with E-state index in [1.807, 2.05) is 6.07 Å². The van der Waals surface area contributed by atoms with Crippen molar-refractivity contribution < 1.29 is 9.32 Å². The lowest BCUT2D eigenvalue weighted by Crippen LogP contribution is -2.33. The van der Waals surface area contributed by atoms with Crippen LogP contribution < -0.4 is 16.6 Å². The van der Waals surface area contributed by atoms with Crippen molar-refractivity contribution >= 4 is 28.5 Å². The van der Waals surface area contributed by atoms with Crippen LogP contribution in [0.4, 0.5) is 5.82 Å². The van der Waals surface area contributed by atoms with Gasteiger partial charge in [-0.05, 0) is 38.0 Å². The van der Waals surface area contributed by atoms with Crippen molar-refractivity contribution in [3.05, 3.63) is 76.2 Å². The monoisotopic (exact) mass is 454 g/mol. The van der Waals surface area contributed by atoms with E-state index in [4.69, 9.17) is 10.3 Å². The number of para-hydroxylation sites is 1. The van der Waals surface area contributed by atoms with Gasteiger partial charge in [-0.3, -0.25) is 14.2 Å². The molecule has 11 nitrogen and oxygen atoms in total. The number of rotatable bonds is 4. The van der Waals surface area contributed by atoms with E-state index < -0.39 is 17.5 Å². The highest BCUT2D eigenvalue weighted by Gasteiger charge is 2.26. The Bertz CT molecular complexity index is 1670. The van der Waals surface area contributed by atoms with Crippen molar-refractivity contribution in [3.63, 3.8) is 0 Å². The molecule has 0 unspecified atom stereocenters. The van der Waals surface area contributed by atoms with E-state index in [1.165, 1.54) is 9.08 Å². The van der Waals surface area contributed by atoms with Crippen molar-refractivity contribution in [2.45, 2.75) is 19.9 Å². The number of anilines is 1. The van der Waals surface area contributed by atoms with Crippen molar-refractivity contribution in [1.29, 1.82) is 0 Å². The molecule has 11 heteroatoms. The first-order chi connectivity index (χ1) is 16.5. The van der Waals surface area contributed by atoms with Gasteiger partial charge in [0.15, 0.2) is 17.2 Å². The van der Waals surface area contributed by atoms with Crippen molar-refractivity contribution in [3.8, 4) is 17.5 Å². The SMILES string of the molecule is CC#Cc1noc2nc([C@H](C)NC(=O)c3c(N)nn4cccnc34)n(-c3ccccc3)c(=O)c12. The van der Waals surface area contributed by atoms with Crippen LogP contribution in [0.1, 0.15) is 41.8 Å². The molecule has 0 fully saturated rings. The maximum absolute atomic E-state index is 13.6. The van der Waals surface area contributed by atoms with Gasteiger partial charge in [0, 0.05) is 12.4 Å². The fourth-order valence-corrected chi connectivity index (χ4v) is 3.70. The molecule has 5 rings (SSSR count). The third-order valence-electron chi connectivity index (χ3n) is 5.18. The molecule has 0 aliphatic carbocycles. The largest absolute Gasteiger partial charge is 0.381 e. The molecule has 0 aliphatic rings. The Kier molecular flexibility index (Phi) is 5.03. The van der Waals surface area contributed by atoms with Crippen molar-refractivity contribution in [2.75, 3.05) is 5.73 Å². The number of benzene rings is 1. The number of fused-ring (bicyclic) bond motifs is 2. The molecule has 4 aromatic heterocycles. The number of hydrogen-bond donors (Lipinski definition) is 2. The van der Waals surface area contributed by atoms with Crippen LogP contribution >= 0.6 is 0 Å². The second kappa shape index (κ2) is 8.18. The zero-order valence-corrected chi connectivity index (χ0v) is 18.2. The average Bonchev–Trinajstić information content (AvgIpc) is 3.39. The summed E-state index contributed by atoms with van der Waals surface area (Å²) in [5, 5.41) is 11.0. The van der Waals surface area contributed by atoms with Crippen LogP contribution in [0.15, 0.2) is 58.1 Å². The molecule has 0 spiro atoms. The summed E-state index contributed by atoms with van der Waals surface area (Å²) < 4.78 is 8.11. The zero-order chi connectivity index (χ0) is 23.8. The van der Waals surface area contributed by atoms with Gasteiger partial charge in [-0.15, -0.1) is 5.10 Å². The van der Waals surface area contributed by atoms with Gasteiger partial charge in [0.05, 0.1) is 11.7 Å². The summed E-state index contributed by atoms with van der Waals surface area (Å²) in [7, 11) is 0. The molecule has 1 atom stereocenters. The van der Waals surface area contributed by atoms with Crippen LogP contribution in [0.2, 0.25) is 0 Å². The highest BCUT2D eigenvalue weighted by atomic mass is 16.5. The molecule has 3 N–H and O–H groups in total. The van der Waals surface area contributed by atoms with Gasteiger partial charge in [-0.2, -0.15) is 4.98 Å². The summed E-state index contributed by atoms with van der Waals surface area (Å²) in [6.45, 7) is 3.33. The van der Waals surface area contributed by atoms with Gasteiger partial charge in [0.25, 0.3) is 17.2 Å². The van der Waals surface area contributed by atoms with E-state index in [0.29, 0.717) is 11.3 Å². The molecule has 4 heterocycles. The first kappa shape index (κ1) is 20.9. The van der Waals surface area contributed by atoms with E-state index in [0.717, 1.165) is 0 Å². The van der Waals surface area contributed by atoms with Gasteiger partial charge in [0.2, 0.25) is 0 Å². The Morgan fingerprint density at radius 3 is 2.79 bits per heavy atom. The predicted octanol–water partition coefficient (Wildman–Crippen LogP) is 1.86. The molecular formula is C23H18N8O3. The topological polar surface area (TPSA) is 146 Å². The van der Waals surface area contributed by atoms with Gasteiger partial charge in [-0.1, -0.05) is 29.3 Å². The lowest BCUT2D eigenvalue weighted by molar-refractivity contribution is 0.0940. The predicted molar refractivity (Wildman–Crippen MR) is 123 cm³/mol. The number of nitrogens with zero attached hydrogens (tertiary/aromatic N) is 6. The third-order valence-corrected chi connectivity index (χ3v) is 5.18. The molecule has 0 bridgehead atoms. The molecular weight excluding hydrogens is 436 g/mol. The first-order valence-corrected chi connectivity index (χ1v) is 10.3. The standard InChI is InChI=1S/C23H18N8O3/c1-3-8-15-16-22(34-29-15)27-19(31(23(16)33)14-9-5-4-6-10-14)13(2)26-21(32)17-18(24)28-30-12-7-11-25-20(17)30/h4-7,9-13H,1-2H3,(H2,24,28)(H,26,32)/t13-/m0/s1. The number of nitrogens with one attached hydrogen (secondary N) is 1. The smallest absolute Gasteiger partial charge is 0.272 e. The van der Waals surface area contributed by atoms with E-state index in [9.17, 15) is 9.59 Å². The normalized spacial score (nSPS) is 11.8. The summed E-state index contributed by atoms with van der Waals surface area (Å²) in [5.41, 5.74) is 6.80. The Hall–Kier alpha value is -4.98. The Balaban J connectivity index is 1.64. The lowest BCUT2D eigenvalue weighted by Gasteiger charge is -2.18. The molecule has 0 aliphatic heterocycles. The fraction of sp³-hybridized carbons (Fsp3) is 0.130. The Labute approximate surface area is 192 Å². The third kappa shape index (κ3) is 3.34. The van der Waals surface area contributed by atoms with E-state index >= 15 is 0 Å². The van der Waals surface area contributed by atoms with Crippen LogP contribution in [-0.4, -0.2) is 35.2 Å². The molecule has 0 saturated carbocycles. The number of hydrogen-bond acceptors (Lipinski definition) is 8. The molecule has 34 heavy (non-hydrogen) atoms. The fourth-order valence-electron chi connectivity index (χ4n) is 3.70. The van der Waals surface area contributed by atoms with Gasteiger partial charge in [-0.25, -0.2) is 9.50 Å². The number of amides is 1.